The standard InChI is InChI=1S/C16H22N4/c1-16(2,3)20-11-13(18-19-20)10-17-15-9-8-12-6-4-5-7-14(12)15/h4-7,11,15,17H,8-10H2,1-3H3. The van der Waals surface area contributed by atoms with E-state index in [0.717, 1.165) is 12.2 Å². The first-order chi connectivity index (χ1) is 9.54. The summed E-state index contributed by atoms with van der Waals surface area (Å²) in [5.41, 5.74) is 3.91. The molecule has 0 saturated heterocycles. The van der Waals surface area contributed by atoms with Crippen LogP contribution in [0.2, 0.25) is 0 Å². The molecule has 0 fully saturated rings. The molecule has 1 aromatic carbocycles. The van der Waals surface area contributed by atoms with Crippen LogP contribution in [-0.2, 0) is 18.5 Å². The first kappa shape index (κ1) is 13.3. The van der Waals surface area contributed by atoms with Gasteiger partial charge in [-0.3, -0.25) is 0 Å². The fourth-order valence-electron chi connectivity index (χ4n) is 2.70. The molecule has 1 aliphatic rings. The van der Waals surface area contributed by atoms with E-state index < -0.39 is 0 Å². The zero-order valence-corrected chi connectivity index (χ0v) is 12.4. The lowest BCUT2D eigenvalue weighted by Crippen LogP contribution is -2.22. The maximum absolute atomic E-state index is 4.25. The lowest BCUT2D eigenvalue weighted by molar-refractivity contribution is 0.347. The van der Waals surface area contributed by atoms with Crippen molar-refractivity contribution in [1.82, 2.24) is 20.3 Å². The minimum absolute atomic E-state index is 0.00872. The molecule has 1 unspecified atom stereocenters. The van der Waals surface area contributed by atoms with Crippen LogP contribution in [0.3, 0.4) is 0 Å². The van der Waals surface area contributed by atoms with Gasteiger partial charge in [0.15, 0.2) is 0 Å². The predicted octanol–water partition coefficient (Wildman–Crippen LogP) is 2.81. The molecule has 0 saturated carbocycles. The molecule has 20 heavy (non-hydrogen) atoms. The molecule has 106 valence electrons. The monoisotopic (exact) mass is 270 g/mol. The highest BCUT2D eigenvalue weighted by Gasteiger charge is 2.22. The highest BCUT2D eigenvalue weighted by molar-refractivity contribution is 5.34. The second kappa shape index (κ2) is 5.02. The first-order valence-electron chi connectivity index (χ1n) is 7.27. The summed E-state index contributed by atoms with van der Waals surface area (Å²) in [6.45, 7) is 7.17. The molecule has 1 aliphatic carbocycles. The van der Waals surface area contributed by atoms with E-state index in [9.17, 15) is 0 Å². The van der Waals surface area contributed by atoms with E-state index in [4.69, 9.17) is 0 Å². The maximum Gasteiger partial charge on any atom is 0.0965 e. The van der Waals surface area contributed by atoms with Gasteiger partial charge in [-0.1, -0.05) is 29.5 Å². The highest BCUT2D eigenvalue weighted by Crippen LogP contribution is 2.30. The number of hydrogen-bond acceptors (Lipinski definition) is 3. The number of benzene rings is 1. The Morgan fingerprint density at radius 1 is 1.30 bits per heavy atom. The summed E-state index contributed by atoms with van der Waals surface area (Å²) in [4.78, 5) is 0. The Hall–Kier alpha value is -1.68. The fourth-order valence-corrected chi connectivity index (χ4v) is 2.70. The Balaban J connectivity index is 1.65. The van der Waals surface area contributed by atoms with Crippen molar-refractivity contribution in [3.05, 3.63) is 47.3 Å². The molecule has 1 atom stereocenters. The van der Waals surface area contributed by atoms with Gasteiger partial charge < -0.3 is 5.32 Å². The topological polar surface area (TPSA) is 42.7 Å². The van der Waals surface area contributed by atoms with E-state index in [2.05, 4.69) is 60.7 Å². The lowest BCUT2D eigenvalue weighted by atomic mass is 10.1. The van der Waals surface area contributed by atoms with E-state index in [1.165, 1.54) is 24.0 Å². The van der Waals surface area contributed by atoms with Gasteiger partial charge in [-0.15, -0.1) is 5.10 Å². The average molecular weight is 270 g/mol. The Kier molecular flexibility index (Phi) is 3.34. The van der Waals surface area contributed by atoms with Gasteiger partial charge in [0.1, 0.15) is 0 Å². The number of nitrogens with one attached hydrogen (secondary N) is 1. The SMILES string of the molecule is CC(C)(C)n1cc(CNC2CCc3ccccc32)nn1. The van der Waals surface area contributed by atoms with Crippen molar-refractivity contribution in [3.63, 3.8) is 0 Å². The molecule has 4 heteroatoms. The first-order valence-corrected chi connectivity index (χ1v) is 7.27. The summed E-state index contributed by atoms with van der Waals surface area (Å²) in [6, 6.07) is 9.15. The smallest absolute Gasteiger partial charge is 0.0965 e. The van der Waals surface area contributed by atoms with Crippen molar-refractivity contribution < 1.29 is 0 Å². The number of rotatable bonds is 3. The van der Waals surface area contributed by atoms with Crippen molar-refractivity contribution in [1.29, 1.82) is 0 Å². The van der Waals surface area contributed by atoms with Crippen molar-refractivity contribution in [2.75, 3.05) is 0 Å². The van der Waals surface area contributed by atoms with Crippen LogP contribution in [0.1, 0.15) is 50.1 Å². The molecule has 2 aromatic rings. The molecule has 0 spiro atoms. The zero-order chi connectivity index (χ0) is 14.2. The molecule has 0 bridgehead atoms. The fraction of sp³-hybridized carbons (Fsp3) is 0.500. The van der Waals surface area contributed by atoms with Crippen LogP contribution in [0.15, 0.2) is 30.5 Å². The average Bonchev–Trinajstić information content (AvgIpc) is 3.02. The van der Waals surface area contributed by atoms with Gasteiger partial charge in [0.25, 0.3) is 0 Å². The van der Waals surface area contributed by atoms with E-state index in [1.807, 2.05) is 10.9 Å². The van der Waals surface area contributed by atoms with Crippen molar-refractivity contribution >= 4 is 0 Å². The summed E-state index contributed by atoms with van der Waals surface area (Å²) in [6.07, 6.45) is 4.38. The van der Waals surface area contributed by atoms with Crippen LogP contribution >= 0.6 is 0 Å². The third-order valence-corrected chi connectivity index (χ3v) is 3.89. The quantitative estimate of drug-likeness (QED) is 0.932. The van der Waals surface area contributed by atoms with Crippen molar-refractivity contribution in [2.24, 2.45) is 0 Å². The summed E-state index contributed by atoms with van der Waals surface area (Å²) >= 11 is 0. The predicted molar refractivity (Wildman–Crippen MR) is 79.4 cm³/mol. The van der Waals surface area contributed by atoms with Crippen LogP contribution in [0, 0.1) is 0 Å². The summed E-state index contributed by atoms with van der Waals surface area (Å²) < 4.78 is 1.92. The number of aryl methyl sites for hydroxylation is 1. The Bertz CT molecular complexity index is 595. The van der Waals surface area contributed by atoms with E-state index in [-0.39, 0.29) is 5.54 Å². The van der Waals surface area contributed by atoms with Gasteiger partial charge in [-0.2, -0.15) is 0 Å². The Labute approximate surface area is 120 Å². The molecule has 1 heterocycles. The third-order valence-electron chi connectivity index (χ3n) is 3.89. The number of fused-ring (bicyclic) bond motifs is 1. The third kappa shape index (κ3) is 2.61. The van der Waals surface area contributed by atoms with Crippen LogP contribution in [0.5, 0.6) is 0 Å². The second-order valence-electron chi connectivity index (χ2n) is 6.50. The van der Waals surface area contributed by atoms with Crippen LogP contribution in [-0.4, -0.2) is 15.0 Å². The van der Waals surface area contributed by atoms with Crippen LogP contribution in [0.4, 0.5) is 0 Å². The summed E-state index contributed by atoms with van der Waals surface area (Å²) in [7, 11) is 0. The molecule has 3 rings (SSSR count). The summed E-state index contributed by atoms with van der Waals surface area (Å²) in [5.74, 6) is 0. The van der Waals surface area contributed by atoms with Gasteiger partial charge in [0, 0.05) is 12.6 Å². The minimum atomic E-state index is -0.00872. The molecular formula is C16H22N4. The minimum Gasteiger partial charge on any atom is -0.304 e. The van der Waals surface area contributed by atoms with Gasteiger partial charge in [0.2, 0.25) is 0 Å². The molecule has 0 amide bonds. The maximum atomic E-state index is 4.25. The van der Waals surface area contributed by atoms with E-state index in [0.29, 0.717) is 6.04 Å². The summed E-state index contributed by atoms with van der Waals surface area (Å²) in [5, 5.41) is 12.1. The van der Waals surface area contributed by atoms with Gasteiger partial charge in [0.05, 0.1) is 17.4 Å². The van der Waals surface area contributed by atoms with Gasteiger partial charge >= 0.3 is 0 Å². The zero-order valence-electron chi connectivity index (χ0n) is 12.4. The molecule has 1 aromatic heterocycles. The van der Waals surface area contributed by atoms with Crippen molar-refractivity contribution in [2.45, 2.75) is 51.7 Å². The normalized spacial score (nSPS) is 18.2. The Morgan fingerprint density at radius 2 is 2.10 bits per heavy atom. The van der Waals surface area contributed by atoms with E-state index >= 15 is 0 Å². The van der Waals surface area contributed by atoms with Gasteiger partial charge in [-0.25, -0.2) is 4.68 Å². The highest BCUT2D eigenvalue weighted by atomic mass is 15.4. The number of hydrogen-bond donors (Lipinski definition) is 1. The number of nitrogens with zero attached hydrogens (tertiary/aromatic N) is 3. The largest absolute Gasteiger partial charge is 0.304 e. The van der Waals surface area contributed by atoms with E-state index in [1.54, 1.807) is 0 Å². The molecular weight excluding hydrogens is 248 g/mol. The second-order valence-corrected chi connectivity index (χ2v) is 6.50. The molecule has 1 N–H and O–H groups in total. The molecule has 0 radical (unpaired) electrons. The van der Waals surface area contributed by atoms with Gasteiger partial charge in [-0.05, 0) is 44.7 Å². The van der Waals surface area contributed by atoms with Crippen molar-refractivity contribution in [3.8, 4) is 0 Å². The molecule has 0 aliphatic heterocycles. The molecule has 4 nitrogen and oxygen atoms in total. The number of aromatic nitrogens is 3. The van der Waals surface area contributed by atoms with Crippen LogP contribution < -0.4 is 5.32 Å². The lowest BCUT2D eigenvalue weighted by Gasteiger charge is -2.17. The Morgan fingerprint density at radius 3 is 2.85 bits per heavy atom. The van der Waals surface area contributed by atoms with Crippen LogP contribution in [0.25, 0.3) is 0 Å².